The molecule has 1 fully saturated rings. The summed E-state index contributed by atoms with van der Waals surface area (Å²) in [5, 5.41) is 16.0. The Balaban J connectivity index is 1.91. The number of aromatic amines is 1. The van der Waals surface area contributed by atoms with Crippen LogP contribution in [0, 0.1) is 5.92 Å². The molecule has 18 heavy (non-hydrogen) atoms. The van der Waals surface area contributed by atoms with Gasteiger partial charge in [0.05, 0.1) is 0 Å². The lowest BCUT2D eigenvalue weighted by atomic mass is 9.89. The van der Waals surface area contributed by atoms with Crippen molar-refractivity contribution in [2.45, 2.75) is 57.8 Å². The van der Waals surface area contributed by atoms with E-state index in [1.807, 2.05) is 6.92 Å². The van der Waals surface area contributed by atoms with E-state index in [4.69, 9.17) is 5.11 Å². The zero-order chi connectivity index (χ0) is 13.0. The van der Waals surface area contributed by atoms with Gasteiger partial charge in [-0.05, 0) is 18.8 Å². The summed E-state index contributed by atoms with van der Waals surface area (Å²) >= 11 is 0. The fourth-order valence-corrected chi connectivity index (χ4v) is 2.65. The van der Waals surface area contributed by atoms with Crippen LogP contribution in [-0.4, -0.2) is 26.3 Å². The van der Waals surface area contributed by atoms with E-state index in [1.165, 1.54) is 32.1 Å². The molecule has 100 valence electrons. The molecule has 0 saturated heterocycles. The van der Waals surface area contributed by atoms with Crippen LogP contribution in [0.4, 0.5) is 0 Å². The Hall–Kier alpha value is -1.39. The number of H-pyrrole nitrogens is 1. The van der Waals surface area contributed by atoms with Crippen molar-refractivity contribution in [3.63, 3.8) is 0 Å². The Labute approximate surface area is 107 Å². The maximum Gasteiger partial charge on any atom is 0.303 e. The van der Waals surface area contributed by atoms with Crippen LogP contribution in [-0.2, 0) is 11.2 Å². The van der Waals surface area contributed by atoms with Crippen LogP contribution in [0.25, 0.3) is 0 Å². The highest BCUT2D eigenvalue weighted by Crippen LogP contribution is 2.30. The van der Waals surface area contributed by atoms with Gasteiger partial charge >= 0.3 is 5.97 Å². The second-order valence-electron chi connectivity index (χ2n) is 5.38. The molecular formula is C13H21N3O2. The van der Waals surface area contributed by atoms with Crippen LogP contribution in [0.5, 0.6) is 0 Å². The van der Waals surface area contributed by atoms with Crippen molar-refractivity contribution in [1.29, 1.82) is 0 Å². The normalized spacial score (nSPS) is 18.7. The van der Waals surface area contributed by atoms with E-state index in [0.29, 0.717) is 12.3 Å². The molecule has 1 heterocycles. The molecule has 0 aromatic carbocycles. The van der Waals surface area contributed by atoms with Gasteiger partial charge in [-0.15, -0.1) is 0 Å². The molecule has 1 aliphatic rings. The monoisotopic (exact) mass is 251 g/mol. The minimum Gasteiger partial charge on any atom is -0.481 e. The molecule has 1 aromatic rings. The Morgan fingerprint density at radius 1 is 1.44 bits per heavy atom. The summed E-state index contributed by atoms with van der Waals surface area (Å²) in [7, 11) is 0. The highest BCUT2D eigenvalue weighted by Gasteiger charge is 2.20. The zero-order valence-electron chi connectivity index (χ0n) is 10.9. The fraction of sp³-hybridized carbons (Fsp3) is 0.769. The summed E-state index contributed by atoms with van der Waals surface area (Å²) in [6.07, 6.45) is 7.06. The van der Waals surface area contributed by atoms with Gasteiger partial charge in [0.25, 0.3) is 0 Å². The van der Waals surface area contributed by atoms with E-state index in [2.05, 4.69) is 15.2 Å². The highest BCUT2D eigenvalue weighted by molar-refractivity contribution is 5.66. The van der Waals surface area contributed by atoms with Crippen LogP contribution < -0.4 is 0 Å². The average Bonchev–Trinajstić information content (AvgIpc) is 2.77. The summed E-state index contributed by atoms with van der Waals surface area (Å²) in [6.45, 7) is 1.93. The number of carbonyl (C=O) groups is 1. The quantitative estimate of drug-likeness (QED) is 0.842. The molecule has 0 spiro atoms. The van der Waals surface area contributed by atoms with Gasteiger partial charge in [-0.1, -0.05) is 26.2 Å². The molecule has 0 radical (unpaired) electrons. The third-order valence-electron chi connectivity index (χ3n) is 3.58. The predicted molar refractivity (Wildman–Crippen MR) is 67.3 cm³/mol. The van der Waals surface area contributed by atoms with E-state index in [9.17, 15) is 4.79 Å². The van der Waals surface area contributed by atoms with Gasteiger partial charge in [0.1, 0.15) is 5.82 Å². The van der Waals surface area contributed by atoms with E-state index < -0.39 is 5.97 Å². The number of nitrogens with zero attached hydrogens (tertiary/aromatic N) is 2. The molecule has 0 bridgehead atoms. The second-order valence-corrected chi connectivity index (χ2v) is 5.38. The zero-order valence-corrected chi connectivity index (χ0v) is 10.9. The molecule has 1 aromatic heterocycles. The van der Waals surface area contributed by atoms with Gasteiger partial charge in [0.2, 0.25) is 0 Å². The number of rotatable bonds is 5. The van der Waals surface area contributed by atoms with Crippen molar-refractivity contribution in [1.82, 2.24) is 15.2 Å². The van der Waals surface area contributed by atoms with Gasteiger partial charge in [0.15, 0.2) is 5.82 Å². The van der Waals surface area contributed by atoms with Crippen molar-refractivity contribution in [3.05, 3.63) is 11.6 Å². The van der Waals surface area contributed by atoms with Crippen LogP contribution in [0.3, 0.4) is 0 Å². The lowest BCUT2D eigenvalue weighted by Gasteiger charge is -2.18. The number of aromatic nitrogens is 3. The summed E-state index contributed by atoms with van der Waals surface area (Å²) in [5.74, 6) is 1.58. The highest BCUT2D eigenvalue weighted by atomic mass is 16.4. The molecule has 2 N–H and O–H groups in total. The number of carboxylic acids is 1. The third kappa shape index (κ3) is 3.55. The van der Waals surface area contributed by atoms with Crippen molar-refractivity contribution < 1.29 is 9.90 Å². The lowest BCUT2D eigenvalue weighted by molar-refractivity contribution is -0.137. The van der Waals surface area contributed by atoms with Crippen molar-refractivity contribution in [2.24, 2.45) is 5.92 Å². The fourth-order valence-electron chi connectivity index (χ4n) is 2.65. The number of hydrogen-bond donors (Lipinski definition) is 2. The average molecular weight is 251 g/mol. The first-order valence-electron chi connectivity index (χ1n) is 6.78. The Morgan fingerprint density at radius 2 is 2.17 bits per heavy atom. The number of nitrogens with one attached hydrogen (secondary N) is 1. The predicted octanol–water partition coefficient (Wildman–Crippen LogP) is 2.51. The van der Waals surface area contributed by atoms with Gasteiger partial charge in [-0.2, -0.15) is 5.10 Å². The minimum absolute atomic E-state index is 0.0923. The Kier molecular flexibility index (Phi) is 4.33. The molecule has 0 amide bonds. The minimum atomic E-state index is -0.755. The standard InChI is InChI=1S/C13H21N3O2/c1-9(8-12(17)18)7-11-14-13(16-15-11)10-5-3-2-4-6-10/h9-10H,2-8H2,1H3,(H,17,18)(H,14,15,16). The summed E-state index contributed by atoms with van der Waals surface area (Å²) in [5.41, 5.74) is 0. The molecule has 2 rings (SSSR count). The number of hydrogen-bond acceptors (Lipinski definition) is 3. The summed E-state index contributed by atoms with van der Waals surface area (Å²) < 4.78 is 0. The van der Waals surface area contributed by atoms with Gasteiger partial charge in [-0.3, -0.25) is 9.89 Å². The molecular weight excluding hydrogens is 230 g/mol. The topological polar surface area (TPSA) is 78.9 Å². The van der Waals surface area contributed by atoms with Crippen LogP contribution >= 0.6 is 0 Å². The number of aliphatic carboxylic acids is 1. The van der Waals surface area contributed by atoms with Gasteiger partial charge in [0, 0.05) is 18.8 Å². The molecule has 5 nitrogen and oxygen atoms in total. The smallest absolute Gasteiger partial charge is 0.303 e. The maximum absolute atomic E-state index is 10.6. The van der Waals surface area contributed by atoms with E-state index in [0.717, 1.165) is 11.6 Å². The van der Waals surface area contributed by atoms with Gasteiger partial charge < -0.3 is 5.11 Å². The van der Waals surface area contributed by atoms with E-state index >= 15 is 0 Å². The van der Waals surface area contributed by atoms with Crippen molar-refractivity contribution in [3.8, 4) is 0 Å². The summed E-state index contributed by atoms with van der Waals surface area (Å²) in [6, 6.07) is 0. The second kappa shape index (κ2) is 5.98. The summed E-state index contributed by atoms with van der Waals surface area (Å²) in [4.78, 5) is 15.1. The SMILES string of the molecule is CC(CC(=O)O)Cc1nc(C2CCCCC2)n[nH]1. The van der Waals surface area contributed by atoms with Crippen molar-refractivity contribution >= 4 is 5.97 Å². The lowest BCUT2D eigenvalue weighted by Crippen LogP contribution is -2.08. The van der Waals surface area contributed by atoms with E-state index in [-0.39, 0.29) is 12.3 Å². The molecule has 1 saturated carbocycles. The molecule has 1 atom stereocenters. The molecule has 0 aliphatic heterocycles. The van der Waals surface area contributed by atoms with Crippen LogP contribution in [0.2, 0.25) is 0 Å². The Morgan fingerprint density at radius 3 is 2.83 bits per heavy atom. The van der Waals surface area contributed by atoms with Gasteiger partial charge in [-0.25, -0.2) is 4.98 Å². The molecule has 1 unspecified atom stereocenters. The first-order chi connectivity index (χ1) is 8.65. The largest absolute Gasteiger partial charge is 0.481 e. The van der Waals surface area contributed by atoms with E-state index in [1.54, 1.807) is 0 Å². The Bertz CT molecular complexity index is 397. The number of carboxylic acid groups (broad SMARTS) is 1. The molecule has 5 heteroatoms. The molecule has 1 aliphatic carbocycles. The first kappa shape index (κ1) is 13.1. The third-order valence-corrected chi connectivity index (χ3v) is 3.58. The van der Waals surface area contributed by atoms with Crippen LogP contribution in [0.1, 0.15) is 63.0 Å². The van der Waals surface area contributed by atoms with Crippen molar-refractivity contribution in [2.75, 3.05) is 0 Å². The first-order valence-corrected chi connectivity index (χ1v) is 6.78. The maximum atomic E-state index is 10.6. The van der Waals surface area contributed by atoms with Crippen LogP contribution in [0.15, 0.2) is 0 Å².